The number of hydrogen-bond donors (Lipinski definition) is 2. The smallest absolute Gasteiger partial charge is 0.354 e. The summed E-state index contributed by atoms with van der Waals surface area (Å²) in [6.45, 7) is -0.106. The van der Waals surface area contributed by atoms with Crippen molar-refractivity contribution in [3.05, 3.63) is 0 Å². The molecule has 0 aromatic heterocycles. The number of nitrogens with one attached hydrogen (secondary N) is 2. The molecule has 0 spiro atoms. The molecular weight excluding hydrogens is 241 g/mol. The second kappa shape index (κ2) is 6.01. The molecule has 0 aromatic rings. The minimum atomic E-state index is -4.32. The summed E-state index contributed by atoms with van der Waals surface area (Å²) in [4.78, 5) is 11.1. The molecule has 2 N–H and O–H groups in total. The second-order valence-corrected chi connectivity index (χ2v) is 4.29. The molecule has 0 aliphatic carbocycles. The molecular formula is C9H11F3N2OS. The largest absolute Gasteiger partial charge is 0.402 e. The maximum absolute atomic E-state index is 12.5. The summed E-state index contributed by atoms with van der Waals surface area (Å²) in [5.41, 5.74) is 0. The Bertz CT molecular complexity index is 308. The number of carbonyl (C=O) groups excluding carboxylic acids is 1. The molecule has 1 unspecified atom stereocenters. The van der Waals surface area contributed by atoms with Gasteiger partial charge >= 0.3 is 6.18 Å². The van der Waals surface area contributed by atoms with Crippen LogP contribution in [0.3, 0.4) is 0 Å². The molecule has 90 valence electrons. The third-order valence-electron chi connectivity index (χ3n) is 1.83. The number of halogens is 3. The highest BCUT2D eigenvalue weighted by molar-refractivity contribution is 8.00. The Morgan fingerprint density at radius 2 is 2.12 bits per heavy atom. The van der Waals surface area contributed by atoms with E-state index < -0.39 is 23.9 Å². The van der Waals surface area contributed by atoms with Crippen LogP contribution in [0.5, 0.6) is 0 Å². The summed E-state index contributed by atoms with van der Waals surface area (Å²) in [6, 6.07) is 0. The molecule has 16 heavy (non-hydrogen) atoms. The fourth-order valence-electron chi connectivity index (χ4n) is 1.03. The first kappa shape index (κ1) is 13.2. The van der Waals surface area contributed by atoms with Crippen molar-refractivity contribution in [2.75, 3.05) is 25.4 Å². The van der Waals surface area contributed by atoms with E-state index in [1.165, 1.54) is 0 Å². The lowest BCUT2D eigenvalue weighted by Gasteiger charge is -2.19. The molecule has 0 saturated carbocycles. The van der Waals surface area contributed by atoms with Crippen molar-refractivity contribution < 1.29 is 18.0 Å². The van der Waals surface area contributed by atoms with E-state index in [1.54, 1.807) is 0 Å². The Morgan fingerprint density at radius 1 is 1.38 bits per heavy atom. The van der Waals surface area contributed by atoms with Gasteiger partial charge in [-0.05, 0) is 0 Å². The van der Waals surface area contributed by atoms with E-state index in [0.29, 0.717) is 18.3 Å². The third kappa shape index (κ3) is 4.77. The Labute approximate surface area is 95.5 Å². The van der Waals surface area contributed by atoms with Gasteiger partial charge in [0.15, 0.2) is 0 Å². The van der Waals surface area contributed by atoms with Gasteiger partial charge < -0.3 is 5.32 Å². The van der Waals surface area contributed by atoms with Gasteiger partial charge in [-0.15, -0.1) is 11.8 Å². The van der Waals surface area contributed by atoms with Crippen LogP contribution in [0.15, 0.2) is 0 Å². The Hall–Kier alpha value is -0.870. The van der Waals surface area contributed by atoms with Crippen molar-refractivity contribution in [3.63, 3.8) is 0 Å². The number of hydrogen-bond acceptors (Lipinski definition) is 3. The fourth-order valence-corrected chi connectivity index (χ4v) is 1.81. The zero-order valence-corrected chi connectivity index (χ0v) is 9.17. The van der Waals surface area contributed by atoms with Crippen LogP contribution >= 0.6 is 11.8 Å². The zero-order valence-electron chi connectivity index (χ0n) is 8.36. The molecule has 0 radical (unpaired) electrons. The van der Waals surface area contributed by atoms with Crippen molar-refractivity contribution in [1.29, 1.82) is 0 Å². The lowest BCUT2D eigenvalue weighted by atomic mass is 10.4. The molecule has 0 bridgehead atoms. The van der Waals surface area contributed by atoms with Gasteiger partial charge in [-0.25, -0.2) is 0 Å². The van der Waals surface area contributed by atoms with Gasteiger partial charge in [-0.2, -0.15) is 13.2 Å². The van der Waals surface area contributed by atoms with Crippen molar-refractivity contribution in [1.82, 2.24) is 10.6 Å². The van der Waals surface area contributed by atoms with Crippen molar-refractivity contribution in [2.45, 2.75) is 11.4 Å². The van der Waals surface area contributed by atoms with Crippen LogP contribution in [0.1, 0.15) is 0 Å². The topological polar surface area (TPSA) is 41.1 Å². The van der Waals surface area contributed by atoms with E-state index in [1.807, 2.05) is 0 Å². The molecule has 0 aromatic carbocycles. The summed E-state index contributed by atoms with van der Waals surface area (Å²) in [5.74, 6) is 4.92. The number of rotatable bonds is 0. The fraction of sp³-hybridized carbons (Fsp3) is 0.667. The van der Waals surface area contributed by atoms with Gasteiger partial charge in [0, 0.05) is 6.54 Å². The maximum atomic E-state index is 12.5. The van der Waals surface area contributed by atoms with E-state index in [0.717, 1.165) is 0 Å². The number of thioether (sulfide) groups is 1. The minimum absolute atomic E-state index is 0.01000. The standard InChI is InChI=1S/C9H11F3N2OS/c10-9(11,12)7-5-14-8(15)6-13-3-1-2-4-16-7/h7,13H,3-6H2,(H,14,15). The van der Waals surface area contributed by atoms with Gasteiger partial charge in [0.05, 0.1) is 18.8 Å². The first-order chi connectivity index (χ1) is 7.50. The first-order valence-electron chi connectivity index (χ1n) is 4.61. The lowest BCUT2D eigenvalue weighted by Crippen LogP contribution is -2.42. The quantitative estimate of drug-likeness (QED) is 0.612. The minimum Gasteiger partial charge on any atom is -0.354 e. The van der Waals surface area contributed by atoms with Crippen LogP contribution in [0.4, 0.5) is 13.2 Å². The van der Waals surface area contributed by atoms with Crippen molar-refractivity contribution >= 4 is 17.7 Å². The predicted octanol–water partition coefficient (Wildman–Crippen LogP) is 0.373. The molecule has 7 heteroatoms. The molecule has 1 atom stereocenters. The highest BCUT2D eigenvalue weighted by Gasteiger charge is 2.39. The highest BCUT2D eigenvalue weighted by Crippen LogP contribution is 2.29. The number of amides is 1. The maximum Gasteiger partial charge on any atom is 0.402 e. The normalized spacial score (nSPS) is 23.7. The molecule has 0 fully saturated rings. The summed E-state index contributed by atoms with van der Waals surface area (Å²) < 4.78 is 37.4. The summed E-state index contributed by atoms with van der Waals surface area (Å²) in [5, 5.41) is 3.36. The Balaban J connectivity index is 2.61. The molecule has 1 heterocycles. The molecule has 0 saturated heterocycles. The third-order valence-corrected chi connectivity index (χ3v) is 2.98. The Morgan fingerprint density at radius 3 is 2.81 bits per heavy atom. The van der Waals surface area contributed by atoms with Gasteiger partial charge in [0.25, 0.3) is 0 Å². The highest BCUT2D eigenvalue weighted by atomic mass is 32.2. The van der Waals surface area contributed by atoms with Crippen LogP contribution in [0.2, 0.25) is 0 Å². The van der Waals surface area contributed by atoms with E-state index >= 15 is 0 Å². The lowest BCUT2D eigenvalue weighted by molar-refractivity contribution is -0.130. The SMILES string of the molecule is O=C1CNCC#CCSC(C(F)(F)F)CN1. The van der Waals surface area contributed by atoms with Crippen LogP contribution in [-0.2, 0) is 4.79 Å². The van der Waals surface area contributed by atoms with Crippen LogP contribution in [0.25, 0.3) is 0 Å². The van der Waals surface area contributed by atoms with Gasteiger partial charge in [0.1, 0.15) is 5.25 Å². The average molecular weight is 252 g/mol. The monoisotopic (exact) mass is 252 g/mol. The molecule has 1 amide bonds. The summed E-state index contributed by atoms with van der Waals surface area (Å²) in [6.07, 6.45) is -4.32. The number of alkyl halides is 3. The zero-order chi connectivity index (χ0) is 12.0. The van der Waals surface area contributed by atoms with E-state index in [4.69, 9.17) is 0 Å². The second-order valence-electron chi connectivity index (χ2n) is 3.10. The predicted molar refractivity (Wildman–Crippen MR) is 56.0 cm³/mol. The van der Waals surface area contributed by atoms with E-state index in [2.05, 4.69) is 22.5 Å². The van der Waals surface area contributed by atoms with Crippen molar-refractivity contribution in [2.24, 2.45) is 0 Å². The van der Waals surface area contributed by atoms with Gasteiger partial charge in [-0.3, -0.25) is 10.1 Å². The Kier molecular flexibility index (Phi) is 4.96. The number of carbonyl (C=O) groups is 1. The van der Waals surface area contributed by atoms with E-state index in [9.17, 15) is 18.0 Å². The van der Waals surface area contributed by atoms with Gasteiger partial charge in [-0.1, -0.05) is 11.8 Å². The first-order valence-corrected chi connectivity index (χ1v) is 5.66. The molecule has 3 nitrogen and oxygen atoms in total. The van der Waals surface area contributed by atoms with Crippen molar-refractivity contribution in [3.8, 4) is 11.8 Å². The van der Waals surface area contributed by atoms with Crippen LogP contribution in [0, 0.1) is 11.8 Å². The van der Waals surface area contributed by atoms with Gasteiger partial charge in [0.2, 0.25) is 5.91 Å². The molecule has 1 aliphatic rings. The van der Waals surface area contributed by atoms with E-state index in [-0.39, 0.29) is 12.3 Å². The summed E-state index contributed by atoms with van der Waals surface area (Å²) >= 11 is 0.697. The van der Waals surface area contributed by atoms with Crippen LogP contribution < -0.4 is 10.6 Å². The average Bonchev–Trinajstić information content (AvgIpc) is 2.22. The molecule has 1 rings (SSSR count). The summed E-state index contributed by atoms with van der Waals surface area (Å²) in [7, 11) is 0. The van der Waals surface area contributed by atoms with Crippen LogP contribution in [-0.4, -0.2) is 42.7 Å². The molecule has 1 aliphatic heterocycles.